The van der Waals surface area contributed by atoms with Crippen LogP contribution in [0.25, 0.3) is 20.4 Å². The minimum atomic E-state index is -0.260. The Morgan fingerprint density at radius 1 is 1.31 bits per heavy atom. The van der Waals surface area contributed by atoms with Crippen molar-refractivity contribution in [1.82, 2.24) is 19.9 Å². The van der Waals surface area contributed by atoms with Gasteiger partial charge in [-0.25, -0.2) is 14.8 Å². The van der Waals surface area contributed by atoms with Crippen molar-refractivity contribution in [1.29, 1.82) is 0 Å². The number of ether oxygens (including phenoxy) is 2. The first-order chi connectivity index (χ1) is 17.0. The topological polar surface area (TPSA) is 109 Å². The minimum Gasteiger partial charge on any atom is -0.494 e. The Balaban J connectivity index is 1.41. The summed E-state index contributed by atoms with van der Waals surface area (Å²) >= 11 is 2.77. The summed E-state index contributed by atoms with van der Waals surface area (Å²) in [5, 5.41) is 4.40. The smallest absolute Gasteiger partial charge is 0.409 e. The van der Waals surface area contributed by atoms with Gasteiger partial charge in [0.25, 0.3) is 0 Å². The molecule has 1 aliphatic rings. The highest BCUT2D eigenvalue weighted by Gasteiger charge is 2.28. The SMILES string of the molecule is CCCCN(C)C(=O)OC1CCc2c(sc3ncnc(Nc4cc5sc(=O)[nH]c5cc4OC)c23)C1. The van der Waals surface area contributed by atoms with E-state index in [4.69, 9.17) is 9.47 Å². The first-order valence-electron chi connectivity index (χ1n) is 11.6. The van der Waals surface area contributed by atoms with Crippen LogP contribution in [0.1, 0.15) is 36.6 Å². The van der Waals surface area contributed by atoms with Gasteiger partial charge in [-0.15, -0.1) is 11.3 Å². The number of anilines is 2. The van der Waals surface area contributed by atoms with E-state index in [0.29, 0.717) is 24.5 Å². The molecule has 35 heavy (non-hydrogen) atoms. The quantitative estimate of drug-likeness (QED) is 0.355. The third-order valence-corrected chi connectivity index (χ3v) is 8.23. The number of thiazole rings is 1. The molecule has 1 amide bonds. The Morgan fingerprint density at radius 3 is 2.97 bits per heavy atom. The maximum Gasteiger partial charge on any atom is 0.409 e. The van der Waals surface area contributed by atoms with Crippen LogP contribution in [-0.2, 0) is 17.6 Å². The average Bonchev–Trinajstić information content (AvgIpc) is 3.40. The molecular formula is C24H27N5O4S2. The van der Waals surface area contributed by atoms with Crippen molar-refractivity contribution >= 4 is 60.7 Å². The van der Waals surface area contributed by atoms with Gasteiger partial charge in [-0.1, -0.05) is 24.7 Å². The van der Waals surface area contributed by atoms with E-state index in [1.165, 1.54) is 10.4 Å². The van der Waals surface area contributed by atoms with Crippen LogP contribution in [0.15, 0.2) is 23.3 Å². The molecule has 5 rings (SSSR count). The van der Waals surface area contributed by atoms with E-state index in [0.717, 1.165) is 63.1 Å². The first kappa shape index (κ1) is 23.6. The van der Waals surface area contributed by atoms with Crippen LogP contribution in [0.5, 0.6) is 5.75 Å². The summed E-state index contributed by atoms with van der Waals surface area (Å²) in [5.41, 5.74) is 2.67. The van der Waals surface area contributed by atoms with Crippen molar-refractivity contribution in [2.45, 2.75) is 45.1 Å². The molecular weight excluding hydrogens is 486 g/mol. The number of benzene rings is 1. The molecule has 3 heterocycles. The van der Waals surface area contributed by atoms with E-state index in [-0.39, 0.29) is 17.1 Å². The molecule has 0 aliphatic heterocycles. The van der Waals surface area contributed by atoms with Crippen LogP contribution in [0.3, 0.4) is 0 Å². The van der Waals surface area contributed by atoms with E-state index in [9.17, 15) is 9.59 Å². The third-order valence-electron chi connectivity index (χ3n) is 6.22. The molecule has 1 aliphatic carbocycles. The Labute approximate surface area is 210 Å². The zero-order valence-electron chi connectivity index (χ0n) is 19.8. The van der Waals surface area contributed by atoms with Crippen LogP contribution in [-0.4, -0.2) is 52.8 Å². The lowest BCUT2D eigenvalue weighted by atomic mass is 9.94. The number of thiophene rings is 1. The molecule has 11 heteroatoms. The van der Waals surface area contributed by atoms with E-state index in [1.807, 2.05) is 12.1 Å². The van der Waals surface area contributed by atoms with E-state index in [1.54, 1.807) is 36.7 Å². The molecule has 0 saturated heterocycles. The lowest BCUT2D eigenvalue weighted by Gasteiger charge is -2.25. The second-order valence-electron chi connectivity index (χ2n) is 8.62. The minimum absolute atomic E-state index is 0.109. The number of H-pyrrole nitrogens is 1. The fraction of sp³-hybridized carbons (Fsp3) is 0.417. The molecule has 4 aromatic rings. The maximum absolute atomic E-state index is 12.5. The second-order valence-corrected chi connectivity index (χ2v) is 10.7. The number of rotatable bonds is 7. The van der Waals surface area contributed by atoms with Crippen LogP contribution in [0.4, 0.5) is 16.3 Å². The fourth-order valence-electron chi connectivity index (χ4n) is 4.37. The predicted octanol–water partition coefficient (Wildman–Crippen LogP) is 5.07. The van der Waals surface area contributed by atoms with Gasteiger partial charge in [-0.2, -0.15) is 0 Å². The van der Waals surface area contributed by atoms with Gasteiger partial charge in [0, 0.05) is 31.0 Å². The summed E-state index contributed by atoms with van der Waals surface area (Å²) in [6.07, 6.45) is 5.36. The normalized spacial score (nSPS) is 15.2. The molecule has 9 nitrogen and oxygen atoms in total. The summed E-state index contributed by atoms with van der Waals surface area (Å²) in [5.74, 6) is 1.31. The van der Waals surface area contributed by atoms with Crippen molar-refractivity contribution in [3.63, 3.8) is 0 Å². The van der Waals surface area contributed by atoms with Crippen molar-refractivity contribution in [2.75, 3.05) is 26.0 Å². The van der Waals surface area contributed by atoms with Crippen molar-refractivity contribution < 1.29 is 14.3 Å². The highest BCUT2D eigenvalue weighted by molar-refractivity contribution is 7.19. The maximum atomic E-state index is 12.5. The zero-order valence-corrected chi connectivity index (χ0v) is 21.5. The Morgan fingerprint density at radius 2 is 2.17 bits per heavy atom. The highest BCUT2D eigenvalue weighted by Crippen LogP contribution is 2.41. The van der Waals surface area contributed by atoms with Gasteiger partial charge >= 0.3 is 11.0 Å². The van der Waals surface area contributed by atoms with Gasteiger partial charge < -0.3 is 24.7 Å². The van der Waals surface area contributed by atoms with Crippen LogP contribution < -0.4 is 14.9 Å². The number of carbonyl (C=O) groups is 1. The van der Waals surface area contributed by atoms with Crippen molar-refractivity contribution in [2.24, 2.45) is 0 Å². The summed E-state index contributed by atoms with van der Waals surface area (Å²) < 4.78 is 12.2. The molecule has 0 bridgehead atoms. The van der Waals surface area contributed by atoms with E-state index < -0.39 is 0 Å². The molecule has 1 aromatic carbocycles. The van der Waals surface area contributed by atoms with Crippen LogP contribution >= 0.6 is 22.7 Å². The zero-order chi connectivity index (χ0) is 24.5. The summed E-state index contributed by atoms with van der Waals surface area (Å²) in [7, 11) is 3.39. The molecule has 0 spiro atoms. The number of hydrogen-bond acceptors (Lipinski definition) is 9. The Bertz CT molecular complexity index is 1440. The number of methoxy groups -OCH3 is 1. The highest BCUT2D eigenvalue weighted by atomic mass is 32.1. The van der Waals surface area contributed by atoms with E-state index in [2.05, 4.69) is 27.2 Å². The number of amides is 1. The summed E-state index contributed by atoms with van der Waals surface area (Å²) in [4.78, 5) is 39.7. The molecule has 0 fully saturated rings. The summed E-state index contributed by atoms with van der Waals surface area (Å²) in [6, 6.07) is 3.71. The molecule has 1 atom stereocenters. The first-order valence-corrected chi connectivity index (χ1v) is 13.2. The number of aromatic nitrogens is 3. The van der Waals surface area contributed by atoms with Crippen LogP contribution in [0.2, 0.25) is 0 Å². The lowest BCUT2D eigenvalue weighted by molar-refractivity contribution is 0.0630. The van der Waals surface area contributed by atoms with E-state index >= 15 is 0 Å². The third kappa shape index (κ3) is 4.70. The predicted molar refractivity (Wildman–Crippen MR) is 140 cm³/mol. The number of hydrogen-bond donors (Lipinski definition) is 2. The molecule has 184 valence electrons. The average molecular weight is 514 g/mol. The number of unbranched alkanes of at least 4 members (excludes halogenated alkanes) is 1. The van der Waals surface area contributed by atoms with Gasteiger partial charge in [0.2, 0.25) is 0 Å². The molecule has 0 radical (unpaired) electrons. The second kappa shape index (κ2) is 9.82. The number of fused-ring (bicyclic) bond motifs is 4. The van der Waals surface area contributed by atoms with Crippen molar-refractivity contribution in [3.05, 3.63) is 38.6 Å². The number of aromatic amines is 1. The number of carbonyl (C=O) groups excluding carboxylic acids is 1. The van der Waals surface area contributed by atoms with Gasteiger partial charge in [0.05, 0.1) is 28.4 Å². The van der Waals surface area contributed by atoms with Gasteiger partial charge in [-0.05, 0) is 30.9 Å². The van der Waals surface area contributed by atoms with Gasteiger partial charge in [0.15, 0.2) is 0 Å². The number of nitrogens with one attached hydrogen (secondary N) is 2. The molecule has 1 unspecified atom stereocenters. The number of aryl methyl sites for hydroxylation is 1. The standard InChI is InChI=1S/C24H27N5O4S2/c1-4-5-8-29(2)24(31)33-13-6-7-14-18(9-13)34-22-20(14)21(25-12-26-22)27-15-11-19-16(10-17(15)32-3)28-23(30)35-19/h10-13H,4-9H2,1-3H3,(H,28,30)(H,25,26,27). The Kier molecular flexibility index (Phi) is 6.61. The van der Waals surface area contributed by atoms with Crippen LogP contribution in [0, 0.1) is 0 Å². The fourth-order valence-corrected chi connectivity index (χ4v) is 6.38. The number of nitrogens with zero attached hydrogens (tertiary/aromatic N) is 3. The largest absolute Gasteiger partial charge is 0.494 e. The Hall–Kier alpha value is -3.18. The molecule has 3 aromatic heterocycles. The molecule has 2 N–H and O–H groups in total. The summed E-state index contributed by atoms with van der Waals surface area (Å²) in [6.45, 7) is 2.81. The monoisotopic (exact) mass is 513 g/mol. The van der Waals surface area contributed by atoms with Gasteiger partial charge in [0.1, 0.15) is 28.8 Å². The molecule has 0 saturated carbocycles. The lowest BCUT2D eigenvalue weighted by Crippen LogP contribution is -2.34. The van der Waals surface area contributed by atoms with Gasteiger partial charge in [-0.3, -0.25) is 4.79 Å². The van der Waals surface area contributed by atoms with Crippen molar-refractivity contribution in [3.8, 4) is 5.75 Å².